The summed E-state index contributed by atoms with van der Waals surface area (Å²) in [4.78, 5) is 94.8. The van der Waals surface area contributed by atoms with Crippen molar-refractivity contribution >= 4 is 41.4 Å². The SMILES string of the molecule is O=C(O)CCCNC(=O)[C@@H]1Cc2ccc(cc2)C(=O)NCCC(=O)N[C@H](CCc2ccccc2)C(=O)N[C@@H](Cc2ccc(-c3ccccc3)cc2)C(=O)N[C@H](Cc2ccccc2)C(=O)N1. The molecule has 7 rings (SSSR count). The lowest BCUT2D eigenvalue weighted by Gasteiger charge is -2.27. The van der Waals surface area contributed by atoms with Crippen LogP contribution in [-0.2, 0) is 54.5 Å². The maximum Gasteiger partial charge on any atom is 0.303 e. The first-order valence-electron chi connectivity index (χ1n) is 21.8. The zero-order valence-corrected chi connectivity index (χ0v) is 36.0. The Labute approximate surface area is 378 Å². The predicted octanol–water partition coefficient (Wildman–Crippen LogP) is 4.07. The number of hydrogen-bond acceptors (Lipinski definition) is 7. The zero-order valence-electron chi connectivity index (χ0n) is 36.0. The third-order valence-electron chi connectivity index (χ3n) is 11.1. The predicted molar refractivity (Wildman–Crippen MR) is 245 cm³/mol. The third-order valence-corrected chi connectivity index (χ3v) is 11.1. The van der Waals surface area contributed by atoms with E-state index in [1.165, 1.54) is 0 Å². The highest BCUT2D eigenvalue weighted by molar-refractivity contribution is 5.97. The van der Waals surface area contributed by atoms with Crippen molar-refractivity contribution in [3.8, 4) is 11.1 Å². The Hall–Kier alpha value is -7.61. The summed E-state index contributed by atoms with van der Waals surface area (Å²) in [6, 6.07) is 37.5. The van der Waals surface area contributed by atoms with Gasteiger partial charge < -0.3 is 37.0 Å². The number of rotatable bonds is 13. The van der Waals surface area contributed by atoms with Crippen LogP contribution in [0, 0.1) is 0 Å². The zero-order chi connectivity index (χ0) is 46.0. The van der Waals surface area contributed by atoms with E-state index in [1.54, 1.807) is 48.5 Å². The first-order valence-corrected chi connectivity index (χ1v) is 21.8. The van der Waals surface area contributed by atoms with Gasteiger partial charge in [-0.2, -0.15) is 0 Å². The maximum absolute atomic E-state index is 14.7. The molecule has 4 atom stereocenters. The minimum atomic E-state index is -1.24. The highest BCUT2D eigenvalue weighted by Crippen LogP contribution is 2.20. The second-order valence-electron chi connectivity index (χ2n) is 16.0. The first-order chi connectivity index (χ1) is 31.5. The normalized spacial score (nSPS) is 18.7. The van der Waals surface area contributed by atoms with Gasteiger partial charge in [0.1, 0.15) is 24.2 Å². The van der Waals surface area contributed by atoms with Crippen molar-refractivity contribution in [2.45, 2.75) is 75.5 Å². The Morgan fingerprint density at radius 1 is 0.569 bits per heavy atom. The van der Waals surface area contributed by atoms with Gasteiger partial charge >= 0.3 is 5.97 Å². The molecule has 0 saturated carbocycles. The number of carboxylic acids is 1. The van der Waals surface area contributed by atoms with Crippen molar-refractivity contribution in [2.24, 2.45) is 0 Å². The van der Waals surface area contributed by atoms with Crippen LogP contribution in [0.25, 0.3) is 11.1 Å². The molecule has 5 aromatic rings. The molecule has 65 heavy (non-hydrogen) atoms. The Balaban J connectivity index is 1.34. The second kappa shape index (κ2) is 23.7. The monoisotopic (exact) mass is 878 g/mol. The van der Waals surface area contributed by atoms with E-state index in [0.717, 1.165) is 16.7 Å². The Morgan fingerprint density at radius 3 is 1.71 bits per heavy atom. The highest BCUT2D eigenvalue weighted by Gasteiger charge is 2.32. The summed E-state index contributed by atoms with van der Waals surface area (Å²) in [6.45, 7) is 0.0145. The molecule has 2 bridgehead atoms. The quantitative estimate of drug-likeness (QED) is 0.0676. The number of nitrogens with one attached hydrogen (secondary N) is 6. The van der Waals surface area contributed by atoms with Crippen LogP contribution >= 0.6 is 0 Å². The summed E-state index contributed by atoms with van der Waals surface area (Å²) < 4.78 is 0. The van der Waals surface area contributed by atoms with Gasteiger partial charge in [-0.05, 0) is 64.8 Å². The van der Waals surface area contributed by atoms with Gasteiger partial charge in [0, 0.05) is 50.8 Å². The summed E-state index contributed by atoms with van der Waals surface area (Å²) in [5.41, 5.74) is 5.21. The van der Waals surface area contributed by atoms with E-state index in [4.69, 9.17) is 5.11 Å². The molecule has 0 aromatic heterocycles. The highest BCUT2D eigenvalue weighted by atomic mass is 16.4. The van der Waals surface area contributed by atoms with E-state index in [9.17, 15) is 33.6 Å². The van der Waals surface area contributed by atoms with E-state index in [0.29, 0.717) is 28.7 Å². The Morgan fingerprint density at radius 2 is 1.09 bits per heavy atom. The summed E-state index contributed by atoms with van der Waals surface area (Å²) in [5, 5.41) is 26.0. The molecule has 0 spiro atoms. The number of carboxylic acid groups (broad SMARTS) is 1. The average molecular weight is 879 g/mol. The molecule has 0 aliphatic carbocycles. The Bertz CT molecular complexity index is 2400. The van der Waals surface area contributed by atoms with Gasteiger partial charge in [0.2, 0.25) is 29.5 Å². The summed E-state index contributed by atoms with van der Waals surface area (Å²) in [5.74, 6) is -4.48. The molecule has 0 radical (unpaired) electrons. The molecule has 0 saturated heterocycles. The van der Waals surface area contributed by atoms with Crippen molar-refractivity contribution in [3.63, 3.8) is 0 Å². The van der Waals surface area contributed by atoms with Gasteiger partial charge in [-0.15, -0.1) is 0 Å². The number of amides is 6. The molecule has 2 aliphatic rings. The van der Waals surface area contributed by atoms with Gasteiger partial charge in [0.15, 0.2) is 0 Å². The van der Waals surface area contributed by atoms with Gasteiger partial charge in [-0.1, -0.05) is 127 Å². The number of aliphatic carboxylic acids is 1. The van der Waals surface area contributed by atoms with E-state index in [1.807, 2.05) is 91.0 Å². The van der Waals surface area contributed by atoms with E-state index >= 15 is 0 Å². The van der Waals surface area contributed by atoms with Crippen LogP contribution in [0.1, 0.15) is 58.3 Å². The summed E-state index contributed by atoms with van der Waals surface area (Å²) >= 11 is 0. The van der Waals surface area contributed by atoms with Gasteiger partial charge in [0.25, 0.3) is 5.91 Å². The largest absolute Gasteiger partial charge is 0.481 e. The van der Waals surface area contributed by atoms with Crippen molar-refractivity contribution in [3.05, 3.63) is 167 Å². The first kappa shape index (κ1) is 46.9. The van der Waals surface area contributed by atoms with Crippen LogP contribution in [0.15, 0.2) is 140 Å². The van der Waals surface area contributed by atoms with Crippen molar-refractivity contribution in [1.82, 2.24) is 31.9 Å². The number of carbonyl (C=O) groups excluding carboxylic acids is 6. The fourth-order valence-corrected chi connectivity index (χ4v) is 7.48. The van der Waals surface area contributed by atoms with Gasteiger partial charge in [-0.3, -0.25) is 33.6 Å². The smallest absolute Gasteiger partial charge is 0.303 e. The molecular formula is C51H54N6O8. The Kier molecular flexibility index (Phi) is 17.1. The number of benzene rings is 5. The minimum absolute atomic E-state index is 0.00733. The van der Waals surface area contributed by atoms with Crippen LogP contribution in [-0.4, -0.2) is 83.8 Å². The number of aryl methyl sites for hydroxylation is 1. The van der Waals surface area contributed by atoms with E-state index in [2.05, 4.69) is 31.9 Å². The number of carbonyl (C=O) groups is 7. The number of fused-ring (bicyclic) bond motifs is 18. The molecular weight excluding hydrogens is 825 g/mol. The van der Waals surface area contributed by atoms with Crippen LogP contribution in [0.2, 0.25) is 0 Å². The molecule has 6 amide bonds. The van der Waals surface area contributed by atoms with Gasteiger partial charge in [-0.25, -0.2) is 0 Å². The molecule has 0 fully saturated rings. The lowest BCUT2D eigenvalue weighted by molar-refractivity contribution is -0.137. The van der Waals surface area contributed by atoms with Crippen LogP contribution in [0.3, 0.4) is 0 Å². The van der Waals surface area contributed by atoms with Gasteiger partial charge in [0.05, 0.1) is 0 Å². The van der Waals surface area contributed by atoms with Crippen LogP contribution in [0.5, 0.6) is 0 Å². The molecule has 14 heteroatoms. The van der Waals surface area contributed by atoms with Crippen LogP contribution in [0.4, 0.5) is 0 Å². The molecule has 2 aliphatic heterocycles. The lowest BCUT2D eigenvalue weighted by Crippen LogP contribution is -2.59. The topological polar surface area (TPSA) is 212 Å². The van der Waals surface area contributed by atoms with Crippen LogP contribution < -0.4 is 31.9 Å². The molecule has 14 nitrogen and oxygen atoms in total. The molecule has 7 N–H and O–H groups in total. The van der Waals surface area contributed by atoms with Crippen molar-refractivity contribution < 1.29 is 38.7 Å². The van der Waals surface area contributed by atoms with E-state index in [-0.39, 0.29) is 58.0 Å². The molecule has 336 valence electrons. The average Bonchev–Trinajstić information content (AvgIpc) is 3.32. The maximum atomic E-state index is 14.7. The standard InChI is InChI=1S/C51H54N6O8/c58-45-28-30-53-47(61)40-25-20-37(21-26-40)32-42(48(62)52-29-10-17-46(59)60)55-50(64)43(31-35-13-6-2-7-14-35)57-51(65)44(33-36-18-23-39(24-19-36)38-15-8-3-9-16-38)56-49(63)41(54-45)27-22-34-11-4-1-5-12-34/h1-9,11-16,18-21,23-26,41-44H,10,17,22,27-33H2,(H,52,62)(H,53,61)(H,54,58)(H,55,64)(H,56,63)(H,57,65)(H,59,60)/t41-,42+,43-,44+/m1/s1. The fourth-order valence-electron chi connectivity index (χ4n) is 7.48. The molecule has 5 aromatic carbocycles. The fraction of sp³-hybridized carbons (Fsp3) is 0.275. The van der Waals surface area contributed by atoms with Crippen molar-refractivity contribution in [2.75, 3.05) is 13.1 Å². The summed E-state index contributed by atoms with van der Waals surface area (Å²) in [6.07, 6.45) is 0.526. The van der Waals surface area contributed by atoms with E-state index < -0.39 is 65.6 Å². The minimum Gasteiger partial charge on any atom is -0.481 e. The second-order valence-corrected chi connectivity index (χ2v) is 16.0. The summed E-state index contributed by atoms with van der Waals surface area (Å²) in [7, 11) is 0. The lowest BCUT2D eigenvalue weighted by atomic mass is 9.98. The third kappa shape index (κ3) is 14.7. The molecule has 0 unspecified atom stereocenters. The number of hydrogen-bond donors (Lipinski definition) is 7. The van der Waals surface area contributed by atoms with Crippen molar-refractivity contribution in [1.29, 1.82) is 0 Å². The molecule has 2 heterocycles.